The molecule has 26 heavy (non-hydrogen) atoms. The summed E-state index contributed by atoms with van der Waals surface area (Å²) in [5.41, 5.74) is 1.60. The Morgan fingerprint density at radius 1 is 1.12 bits per heavy atom. The lowest BCUT2D eigenvalue weighted by molar-refractivity contribution is -0.115. The largest absolute Gasteiger partial charge is 0.454 e. The molecule has 8 heteroatoms. The minimum absolute atomic E-state index is 0.186. The minimum Gasteiger partial charge on any atom is -0.454 e. The van der Waals surface area contributed by atoms with Crippen LogP contribution in [0.25, 0.3) is 0 Å². The lowest BCUT2D eigenvalue weighted by Gasteiger charge is -2.12. The van der Waals surface area contributed by atoms with E-state index in [1.807, 2.05) is 12.1 Å². The molecule has 1 aliphatic heterocycles. The Kier molecular flexibility index (Phi) is 6.00. The Morgan fingerprint density at radius 2 is 1.92 bits per heavy atom. The van der Waals surface area contributed by atoms with E-state index in [-0.39, 0.29) is 18.6 Å². The van der Waals surface area contributed by atoms with Crippen molar-refractivity contribution in [3.05, 3.63) is 52.5 Å². The first-order valence-corrected chi connectivity index (χ1v) is 9.39. The molecule has 1 heterocycles. The van der Waals surface area contributed by atoms with Crippen LogP contribution in [0.5, 0.6) is 11.5 Å². The predicted molar refractivity (Wildman–Crippen MR) is 102 cm³/mol. The van der Waals surface area contributed by atoms with Crippen molar-refractivity contribution in [2.45, 2.75) is 13.0 Å². The highest BCUT2D eigenvalue weighted by atomic mass is 79.9. The van der Waals surface area contributed by atoms with Crippen molar-refractivity contribution >= 4 is 45.0 Å². The number of carbonyl (C=O) groups excluding carboxylic acids is 2. The van der Waals surface area contributed by atoms with Gasteiger partial charge in [-0.25, -0.2) is 0 Å². The molecular formula is C18H16BrClN2O4. The van der Waals surface area contributed by atoms with Crippen molar-refractivity contribution in [1.29, 1.82) is 0 Å². The molecule has 2 amide bonds. The van der Waals surface area contributed by atoms with Crippen LogP contribution in [-0.2, 0) is 11.3 Å². The van der Waals surface area contributed by atoms with Gasteiger partial charge in [-0.3, -0.25) is 9.59 Å². The zero-order chi connectivity index (χ0) is 18.5. The number of anilines is 1. The van der Waals surface area contributed by atoms with Crippen molar-refractivity contribution < 1.29 is 19.1 Å². The Balaban J connectivity index is 1.70. The highest BCUT2D eigenvalue weighted by Gasteiger charge is 2.16. The van der Waals surface area contributed by atoms with E-state index < -0.39 is 0 Å². The number of amides is 2. The summed E-state index contributed by atoms with van der Waals surface area (Å²) in [4.78, 5) is 24.4. The van der Waals surface area contributed by atoms with Gasteiger partial charge in [-0.1, -0.05) is 33.6 Å². The Hall–Kier alpha value is -2.25. The quantitative estimate of drug-likeness (QED) is 0.673. The van der Waals surface area contributed by atoms with Crippen molar-refractivity contribution in [2.24, 2.45) is 0 Å². The first kappa shape index (κ1) is 18.5. The number of fused-ring (bicyclic) bond motifs is 1. The summed E-state index contributed by atoms with van der Waals surface area (Å²) in [6.45, 7) is 0.502. The van der Waals surface area contributed by atoms with Crippen molar-refractivity contribution in [3.8, 4) is 11.5 Å². The fourth-order valence-corrected chi connectivity index (χ4v) is 2.97. The summed E-state index contributed by atoms with van der Waals surface area (Å²) >= 11 is 9.22. The molecule has 2 aromatic rings. The molecule has 0 fully saturated rings. The molecule has 136 valence electrons. The van der Waals surface area contributed by atoms with Crippen molar-refractivity contribution in [3.63, 3.8) is 0 Å². The molecule has 0 bridgehead atoms. The second-order valence-corrected chi connectivity index (χ2v) is 6.78. The lowest BCUT2D eigenvalue weighted by Crippen LogP contribution is -2.25. The van der Waals surface area contributed by atoms with Crippen LogP contribution in [0.3, 0.4) is 0 Å². The molecule has 0 radical (unpaired) electrons. The van der Waals surface area contributed by atoms with Crippen LogP contribution in [0.1, 0.15) is 22.3 Å². The van der Waals surface area contributed by atoms with Gasteiger partial charge in [0.15, 0.2) is 11.5 Å². The number of hydrogen-bond donors (Lipinski definition) is 2. The SMILES string of the molecule is O=C(CCBr)Nc1ccc(Cl)cc1C(=O)NCc1ccc2c(c1)OCO2. The molecule has 0 aliphatic carbocycles. The van der Waals surface area contributed by atoms with E-state index in [1.54, 1.807) is 18.2 Å². The summed E-state index contributed by atoms with van der Waals surface area (Å²) in [5.74, 6) is 0.822. The first-order chi connectivity index (χ1) is 12.6. The molecule has 2 aromatic carbocycles. The third kappa shape index (κ3) is 4.47. The molecule has 0 unspecified atom stereocenters. The number of ether oxygens (including phenoxy) is 2. The van der Waals surface area contributed by atoms with Gasteiger partial charge in [-0.15, -0.1) is 0 Å². The van der Waals surface area contributed by atoms with E-state index in [1.165, 1.54) is 6.07 Å². The third-order valence-electron chi connectivity index (χ3n) is 3.71. The van der Waals surface area contributed by atoms with E-state index in [0.717, 1.165) is 5.56 Å². The highest BCUT2D eigenvalue weighted by Crippen LogP contribution is 2.32. The van der Waals surface area contributed by atoms with E-state index in [2.05, 4.69) is 26.6 Å². The monoisotopic (exact) mass is 438 g/mol. The van der Waals surface area contributed by atoms with E-state index in [9.17, 15) is 9.59 Å². The molecule has 1 aliphatic rings. The summed E-state index contributed by atoms with van der Waals surface area (Å²) in [5, 5.41) is 6.50. The number of halogens is 2. The third-order valence-corrected chi connectivity index (χ3v) is 4.34. The van der Waals surface area contributed by atoms with Crippen LogP contribution in [0, 0.1) is 0 Å². The highest BCUT2D eigenvalue weighted by molar-refractivity contribution is 9.09. The standard InChI is InChI=1S/C18H16BrClN2O4/c19-6-5-17(23)22-14-3-2-12(20)8-13(14)18(24)21-9-11-1-4-15-16(7-11)26-10-25-15/h1-4,7-8H,5-6,9-10H2,(H,21,24)(H,22,23). The Bertz CT molecular complexity index is 844. The first-order valence-electron chi connectivity index (χ1n) is 7.89. The minimum atomic E-state index is -0.334. The second kappa shape index (κ2) is 8.42. The number of benzene rings is 2. The predicted octanol–water partition coefficient (Wildman–Crippen LogP) is 3.72. The van der Waals surface area contributed by atoms with Crippen LogP contribution in [0.4, 0.5) is 5.69 Å². The average molecular weight is 440 g/mol. The number of alkyl halides is 1. The summed E-state index contributed by atoms with van der Waals surface area (Å²) < 4.78 is 10.6. The fourth-order valence-electron chi connectivity index (χ4n) is 2.44. The molecule has 0 aromatic heterocycles. The molecular weight excluding hydrogens is 424 g/mol. The van der Waals surface area contributed by atoms with Gasteiger partial charge in [0, 0.05) is 23.3 Å². The van der Waals surface area contributed by atoms with Crippen LogP contribution in [0.15, 0.2) is 36.4 Å². The number of rotatable bonds is 6. The molecule has 0 saturated heterocycles. The topological polar surface area (TPSA) is 76.7 Å². The van der Waals surface area contributed by atoms with Crippen molar-refractivity contribution in [1.82, 2.24) is 5.32 Å². The van der Waals surface area contributed by atoms with Gasteiger partial charge < -0.3 is 20.1 Å². The van der Waals surface area contributed by atoms with Gasteiger partial charge in [0.1, 0.15) is 0 Å². The van der Waals surface area contributed by atoms with Gasteiger partial charge in [-0.05, 0) is 35.9 Å². The molecule has 0 spiro atoms. The molecule has 0 saturated carbocycles. The number of hydrogen-bond acceptors (Lipinski definition) is 4. The van der Waals surface area contributed by atoms with Gasteiger partial charge >= 0.3 is 0 Å². The zero-order valence-electron chi connectivity index (χ0n) is 13.7. The maximum Gasteiger partial charge on any atom is 0.253 e. The van der Waals surface area contributed by atoms with Crippen LogP contribution < -0.4 is 20.1 Å². The summed E-state index contributed by atoms with van der Waals surface area (Å²) in [6, 6.07) is 10.2. The smallest absolute Gasteiger partial charge is 0.253 e. The van der Waals surface area contributed by atoms with Gasteiger partial charge in [0.25, 0.3) is 5.91 Å². The Morgan fingerprint density at radius 3 is 2.73 bits per heavy atom. The van der Waals surface area contributed by atoms with Crippen molar-refractivity contribution in [2.75, 3.05) is 17.4 Å². The molecule has 2 N–H and O–H groups in total. The van der Waals surface area contributed by atoms with Crippen LogP contribution in [-0.4, -0.2) is 23.9 Å². The normalized spacial score (nSPS) is 11.9. The van der Waals surface area contributed by atoms with Crippen LogP contribution in [0.2, 0.25) is 5.02 Å². The van der Waals surface area contributed by atoms with Gasteiger partial charge in [0.05, 0.1) is 11.3 Å². The van der Waals surface area contributed by atoms with E-state index >= 15 is 0 Å². The molecule has 3 rings (SSSR count). The maximum absolute atomic E-state index is 12.6. The number of nitrogens with one attached hydrogen (secondary N) is 2. The maximum atomic E-state index is 12.6. The Labute approximate surface area is 163 Å². The summed E-state index contributed by atoms with van der Waals surface area (Å²) in [7, 11) is 0. The molecule has 6 nitrogen and oxygen atoms in total. The van der Waals surface area contributed by atoms with Gasteiger partial charge in [-0.2, -0.15) is 0 Å². The van der Waals surface area contributed by atoms with E-state index in [4.69, 9.17) is 21.1 Å². The van der Waals surface area contributed by atoms with Gasteiger partial charge in [0.2, 0.25) is 12.7 Å². The average Bonchev–Trinajstić information content (AvgIpc) is 3.09. The fraction of sp³-hybridized carbons (Fsp3) is 0.222. The van der Waals surface area contributed by atoms with Crippen LogP contribution >= 0.6 is 27.5 Å². The second-order valence-electron chi connectivity index (χ2n) is 5.55. The molecule has 0 atom stereocenters. The number of carbonyl (C=O) groups is 2. The summed E-state index contributed by atoms with van der Waals surface area (Å²) in [6.07, 6.45) is 0.306. The zero-order valence-corrected chi connectivity index (χ0v) is 16.0. The van der Waals surface area contributed by atoms with E-state index in [0.29, 0.717) is 46.1 Å². The lowest BCUT2D eigenvalue weighted by atomic mass is 10.1.